The minimum atomic E-state index is -3.68. The fourth-order valence-corrected chi connectivity index (χ4v) is 5.06. The van der Waals surface area contributed by atoms with Crippen LogP contribution in [0.1, 0.15) is 36.1 Å². The largest absolute Gasteiger partial charge is 0.479 e. The number of sulfonamides is 1. The van der Waals surface area contributed by atoms with Gasteiger partial charge in [0.15, 0.2) is 11.9 Å². The molecule has 3 heterocycles. The summed E-state index contributed by atoms with van der Waals surface area (Å²) in [6.45, 7) is 4.10. The molecule has 2 aromatic rings. The lowest BCUT2D eigenvalue weighted by Crippen LogP contribution is -2.34. The Balaban J connectivity index is 1.54. The summed E-state index contributed by atoms with van der Waals surface area (Å²) in [5.41, 5.74) is 0.851. The maximum Gasteiger partial charge on any atom is 0.291 e. The van der Waals surface area contributed by atoms with Crippen molar-refractivity contribution >= 4 is 33.2 Å². The van der Waals surface area contributed by atoms with Gasteiger partial charge in [-0.2, -0.15) is 4.31 Å². The third kappa shape index (κ3) is 3.60. The summed E-state index contributed by atoms with van der Waals surface area (Å²) in [6, 6.07) is 6.08. The van der Waals surface area contributed by atoms with Crippen LogP contribution >= 0.6 is 0 Å². The lowest BCUT2D eigenvalue weighted by Gasteiger charge is -2.23. The Labute approximate surface area is 168 Å². The molecule has 0 unspecified atom stereocenters. The molecule has 0 bridgehead atoms. The molecule has 29 heavy (non-hydrogen) atoms. The van der Waals surface area contributed by atoms with E-state index in [0.29, 0.717) is 30.2 Å². The Morgan fingerprint density at radius 3 is 2.69 bits per heavy atom. The third-order valence-corrected chi connectivity index (χ3v) is 6.95. The Kier molecular flexibility index (Phi) is 4.83. The SMILES string of the molecule is Cc1oc(C(=O)Nc2ccc3c(c2)NC(=O)[C@H](C)O3)cc1S(=O)(=O)N1CCCC1. The second kappa shape index (κ2) is 7.20. The van der Waals surface area contributed by atoms with Crippen LogP contribution in [0.5, 0.6) is 5.75 Å². The van der Waals surface area contributed by atoms with Gasteiger partial charge in [0.05, 0.1) is 5.69 Å². The van der Waals surface area contributed by atoms with Crippen molar-refractivity contribution < 1.29 is 27.2 Å². The van der Waals surface area contributed by atoms with Gasteiger partial charge in [-0.1, -0.05) is 0 Å². The van der Waals surface area contributed by atoms with Gasteiger partial charge in [-0.05, 0) is 44.9 Å². The van der Waals surface area contributed by atoms with Crippen molar-refractivity contribution in [1.82, 2.24) is 4.31 Å². The van der Waals surface area contributed by atoms with Gasteiger partial charge in [0, 0.05) is 24.8 Å². The predicted octanol–water partition coefficient (Wildman–Crippen LogP) is 2.34. The summed E-state index contributed by atoms with van der Waals surface area (Å²) in [5, 5.41) is 5.35. The van der Waals surface area contributed by atoms with Gasteiger partial charge in [-0.3, -0.25) is 9.59 Å². The first-order valence-electron chi connectivity index (χ1n) is 9.29. The number of furan rings is 1. The van der Waals surface area contributed by atoms with E-state index in [2.05, 4.69) is 10.6 Å². The average Bonchev–Trinajstić information content (AvgIpc) is 3.33. The molecule has 1 atom stereocenters. The molecule has 4 rings (SSSR count). The fraction of sp³-hybridized carbons (Fsp3) is 0.368. The highest BCUT2D eigenvalue weighted by Gasteiger charge is 2.32. The number of nitrogens with zero attached hydrogens (tertiary/aromatic N) is 1. The van der Waals surface area contributed by atoms with Crippen molar-refractivity contribution in [2.75, 3.05) is 23.7 Å². The zero-order valence-corrected chi connectivity index (χ0v) is 16.8. The number of nitrogens with one attached hydrogen (secondary N) is 2. The highest BCUT2D eigenvalue weighted by atomic mass is 32.2. The molecule has 2 N–H and O–H groups in total. The number of hydrogen-bond donors (Lipinski definition) is 2. The fourth-order valence-electron chi connectivity index (χ4n) is 3.38. The van der Waals surface area contributed by atoms with E-state index in [1.807, 2.05) is 0 Å². The van der Waals surface area contributed by atoms with Gasteiger partial charge >= 0.3 is 0 Å². The van der Waals surface area contributed by atoms with E-state index in [0.717, 1.165) is 12.8 Å². The zero-order valence-electron chi connectivity index (χ0n) is 16.0. The van der Waals surface area contributed by atoms with Crippen molar-refractivity contribution in [2.24, 2.45) is 0 Å². The maximum atomic E-state index is 12.7. The molecule has 1 saturated heterocycles. The Morgan fingerprint density at radius 2 is 1.97 bits per heavy atom. The number of carbonyl (C=O) groups excluding carboxylic acids is 2. The van der Waals surface area contributed by atoms with E-state index in [1.165, 1.54) is 17.3 Å². The number of rotatable bonds is 4. The molecule has 2 aliphatic heterocycles. The van der Waals surface area contributed by atoms with Crippen molar-refractivity contribution in [3.63, 3.8) is 0 Å². The normalized spacial score (nSPS) is 19.4. The molecular weight excluding hydrogens is 398 g/mol. The highest BCUT2D eigenvalue weighted by Crippen LogP contribution is 2.32. The summed E-state index contributed by atoms with van der Waals surface area (Å²) in [6.07, 6.45) is 1.05. The molecule has 0 spiro atoms. The van der Waals surface area contributed by atoms with Crippen LogP contribution in [-0.4, -0.2) is 43.7 Å². The van der Waals surface area contributed by atoms with Gasteiger partial charge in [-0.25, -0.2) is 8.42 Å². The monoisotopic (exact) mass is 419 g/mol. The van der Waals surface area contributed by atoms with Crippen LogP contribution in [-0.2, 0) is 14.8 Å². The van der Waals surface area contributed by atoms with Gasteiger partial charge in [-0.15, -0.1) is 0 Å². The molecule has 2 amide bonds. The number of hydrogen-bond acceptors (Lipinski definition) is 6. The highest BCUT2D eigenvalue weighted by molar-refractivity contribution is 7.89. The van der Waals surface area contributed by atoms with Crippen molar-refractivity contribution in [3.05, 3.63) is 35.8 Å². The summed E-state index contributed by atoms with van der Waals surface area (Å²) in [4.78, 5) is 24.3. The lowest BCUT2D eigenvalue weighted by molar-refractivity contribution is -0.122. The molecule has 0 saturated carbocycles. The van der Waals surface area contributed by atoms with Crippen LogP contribution in [0.3, 0.4) is 0 Å². The lowest BCUT2D eigenvalue weighted by atomic mass is 10.2. The number of amides is 2. The van der Waals surface area contributed by atoms with Crippen molar-refractivity contribution in [2.45, 2.75) is 37.7 Å². The van der Waals surface area contributed by atoms with Crippen LogP contribution in [0.15, 0.2) is 33.6 Å². The molecule has 1 fully saturated rings. The second-order valence-electron chi connectivity index (χ2n) is 7.06. The molecule has 0 aliphatic carbocycles. The maximum absolute atomic E-state index is 12.7. The van der Waals surface area contributed by atoms with E-state index in [4.69, 9.17) is 9.15 Å². The van der Waals surface area contributed by atoms with Crippen molar-refractivity contribution in [1.29, 1.82) is 0 Å². The van der Waals surface area contributed by atoms with Crippen LogP contribution in [0.2, 0.25) is 0 Å². The average molecular weight is 419 g/mol. The Morgan fingerprint density at radius 1 is 1.24 bits per heavy atom. The topological polar surface area (TPSA) is 118 Å². The second-order valence-corrected chi connectivity index (χ2v) is 8.96. The minimum Gasteiger partial charge on any atom is -0.479 e. The molecule has 0 radical (unpaired) electrons. The van der Waals surface area contributed by atoms with Crippen LogP contribution < -0.4 is 15.4 Å². The molecule has 1 aromatic carbocycles. The summed E-state index contributed by atoms with van der Waals surface area (Å²) in [7, 11) is -3.68. The van der Waals surface area contributed by atoms with E-state index < -0.39 is 22.0 Å². The predicted molar refractivity (Wildman–Crippen MR) is 105 cm³/mol. The van der Waals surface area contributed by atoms with E-state index in [9.17, 15) is 18.0 Å². The number of aryl methyl sites for hydroxylation is 1. The van der Waals surface area contributed by atoms with E-state index in [1.54, 1.807) is 25.1 Å². The molecule has 10 heteroatoms. The van der Waals surface area contributed by atoms with Crippen LogP contribution in [0.4, 0.5) is 11.4 Å². The summed E-state index contributed by atoms with van der Waals surface area (Å²) < 4.78 is 37.8. The first kappa shape index (κ1) is 19.5. The molecule has 9 nitrogen and oxygen atoms in total. The first-order valence-corrected chi connectivity index (χ1v) is 10.7. The zero-order chi connectivity index (χ0) is 20.8. The van der Waals surface area contributed by atoms with E-state index in [-0.39, 0.29) is 22.3 Å². The smallest absolute Gasteiger partial charge is 0.291 e. The first-order chi connectivity index (χ1) is 13.8. The van der Waals surface area contributed by atoms with Gasteiger partial charge < -0.3 is 19.8 Å². The number of ether oxygens (including phenoxy) is 1. The third-order valence-electron chi connectivity index (χ3n) is 4.95. The van der Waals surface area contributed by atoms with Gasteiger partial charge in [0.1, 0.15) is 16.4 Å². The summed E-state index contributed by atoms with van der Waals surface area (Å²) >= 11 is 0. The number of fused-ring (bicyclic) bond motifs is 1. The van der Waals surface area contributed by atoms with Crippen LogP contribution in [0, 0.1) is 6.92 Å². The molecule has 154 valence electrons. The summed E-state index contributed by atoms with van der Waals surface area (Å²) in [5.74, 6) is -0.302. The van der Waals surface area contributed by atoms with Gasteiger partial charge in [0.2, 0.25) is 10.0 Å². The molecule has 1 aromatic heterocycles. The minimum absolute atomic E-state index is 0.00430. The van der Waals surface area contributed by atoms with Crippen LogP contribution in [0.25, 0.3) is 0 Å². The Hall–Kier alpha value is -2.85. The number of anilines is 2. The standard InChI is InChI=1S/C19H21N3O6S/c1-11-17(29(25,26)22-7-3-4-8-22)10-16(27-11)19(24)20-13-5-6-15-14(9-13)21-18(23)12(2)28-15/h5-6,9-10,12H,3-4,7-8H2,1-2H3,(H,20,24)(H,21,23)/t12-/m0/s1. The van der Waals surface area contributed by atoms with E-state index >= 15 is 0 Å². The van der Waals surface area contributed by atoms with Crippen molar-refractivity contribution in [3.8, 4) is 5.75 Å². The molecular formula is C19H21N3O6S. The molecule has 2 aliphatic rings. The quantitative estimate of drug-likeness (QED) is 0.785. The van der Waals surface area contributed by atoms with Gasteiger partial charge in [0.25, 0.3) is 11.8 Å². The Bertz CT molecular complexity index is 1090. The number of benzene rings is 1. The number of carbonyl (C=O) groups is 2.